The molecule has 0 aliphatic rings. The van der Waals surface area contributed by atoms with Gasteiger partial charge in [-0.3, -0.25) is 0 Å². The zero-order valence-corrected chi connectivity index (χ0v) is 13.8. The lowest BCUT2D eigenvalue weighted by atomic mass is 9.99. The van der Waals surface area contributed by atoms with Gasteiger partial charge >= 0.3 is 0 Å². The molecule has 0 aliphatic carbocycles. The summed E-state index contributed by atoms with van der Waals surface area (Å²) in [5.74, 6) is 1.21. The van der Waals surface area contributed by atoms with E-state index < -0.39 is 0 Å². The summed E-state index contributed by atoms with van der Waals surface area (Å²) in [7, 11) is 3.17. The number of hydrogen-bond acceptors (Lipinski definition) is 4. The monoisotopic (exact) mass is 323 g/mol. The molecule has 112 valence electrons. The summed E-state index contributed by atoms with van der Waals surface area (Å²) in [5.41, 5.74) is 8.27. The minimum atomic E-state index is -0.319. The Morgan fingerprint density at radius 2 is 1.67 bits per heavy atom. The van der Waals surface area contributed by atoms with E-state index in [2.05, 4.69) is 6.07 Å². The molecule has 1 unspecified atom stereocenters. The van der Waals surface area contributed by atoms with Crippen LogP contribution in [0.2, 0.25) is 5.02 Å². The van der Waals surface area contributed by atoms with Gasteiger partial charge in [-0.1, -0.05) is 29.8 Å². The zero-order valence-electron chi connectivity index (χ0n) is 12.2. The third-order valence-electron chi connectivity index (χ3n) is 3.31. The lowest BCUT2D eigenvalue weighted by Crippen LogP contribution is -2.13. The van der Waals surface area contributed by atoms with E-state index in [1.807, 2.05) is 30.5 Å². The number of benzene rings is 2. The Morgan fingerprint density at radius 1 is 1.05 bits per heavy atom. The van der Waals surface area contributed by atoms with E-state index in [0.717, 1.165) is 16.0 Å². The van der Waals surface area contributed by atoms with E-state index in [9.17, 15) is 0 Å². The predicted molar refractivity (Wildman–Crippen MR) is 88.8 cm³/mol. The average Bonchev–Trinajstić information content (AvgIpc) is 2.53. The van der Waals surface area contributed by atoms with E-state index >= 15 is 0 Å². The minimum Gasteiger partial charge on any atom is -0.493 e. The number of ether oxygens (including phenoxy) is 2. The van der Waals surface area contributed by atoms with Crippen LogP contribution in [-0.2, 0) is 0 Å². The van der Waals surface area contributed by atoms with Crippen LogP contribution in [0.5, 0.6) is 11.5 Å². The lowest BCUT2D eigenvalue weighted by molar-refractivity contribution is 0.354. The molecular weight excluding hydrogens is 306 g/mol. The van der Waals surface area contributed by atoms with Crippen LogP contribution in [0.3, 0.4) is 0 Å². The van der Waals surface area contributed by atoms with E-state index in [1.54, 1.807) is 32.0 Å². The Morgan fingerprint density at radius 3 is 2.29 bits per heavy atom. The molecule has 0 heterocycles. The Labute approximate surface area is 134 Å². The smallest absolute Gasteiger partial charge is 0.162 e. The topological polar surface area (TPSA) is 44.5 Å². The van der Waals surface area contributed by atoms with Crippen molar-refractivity contribution in [3.05, 3.63) is 52.5 Å². The summed E-state index contributed by atoms with van der Waals surface area (Å²) in [4.78, 5) is 1.14. The van der Waals surface area contributed by atoms with Crippen molar-refractivity contribution in [2.24, 2.45) is 5.73 Å². The number of thioether (sulfide) groups is 1. The summed E-state index contributed by atoms with van der Waals surface area (Å²) in [5, 5.41) is 0.566. The second kappa shape index (κ2) is 7.07. The van der Waals surface area contributed by atoms with Gasteiger partial charge in [-0.05, 0) is 29.5 Å². The van der Waals surface area contributed by atoms with Gasteiger partial charge in [0.15, 0.2) is 11.5 Å². The molecule has 2 aromatic carbocycles. The minimum absolute atomic E-state index is 0.319. The molecule has 0 fully saturated rings. The van der Waals surface area contributed by atoms with Crippen molar-refractivity contribution in [1.29, 1.82) is 0 Å². The molecular formula is C16H18ClNO2S. The van der Waals surface area contributed by atoms with Gasteiger partial charge in [0.05, 0.1) is 20.3 Å². The molecule has 3 nitrogen and oxygen atoms in total. The van der Waals surface area contributed by atoms with Crippen molar-refractivity contribution in [2.75, 3.05) is 20.5 Å². The molecule has 0 saturated heterocycles. The molecule has 0 spiro atoms. The normalized spacial score (nSPS) is 12.0. The second-order valence-electron chi connectivity index (χ2n) is 4.45. The molecule has 2 rings (SSSR count). The predicted octanol–water partition coefficient (Wildman–Crippen LogP) is 4.13. The summed E-state index contributed by atoms with van der Waals surface area (Å²) in [6.07, 6.45) is 2.03. The molecule has 0 bridgehead atoms. The number of hydrogen-bond donors (Lipinski definition) is 1. The van der Waals surface area contributed by atoms with E-state index in [-0.39, 0.29) is 6.04 Å². The van der Waals surface area contributed by atoms with Gasteiger partial charge in [-0.2, -0.15) is 0 Å². The van der Waals surface area contributed by atoms with Crippen LogP contribution >= 0.6 is 23.4 Å². The highest BCUT2D eigenvalue weighted by Gasteiger charge is 2.18. The van der Waals surface area contributed by atoms with Crippen LogP contribution in [0, 0.1) is 0 Å². The largest absolute Gasteiger partial charge is 0.493 e. The quantitative estimate of drug-likeness (QED) is 0.840. The highest BCUT2D eigenvalue weighted by molar-refractivity contribution is 7.98. The van der Waals surface area contributed by atoms with E-state index in [4.69, 9.17) is 26.8 Å². The highest BCUT2D eigenvalue weighted by atomic mass is 35.5. The van der Waals surface area contributed by atoms with Crippen LogP contribution in [0.1, 0.15) is 17.2 Å². The van der Waals surface area contributed by atoms with Gasteiger partial charge < -0.3 is 15.2 Å². The fraction of sp³-hybridized carbons (Fsp3) is 0.250. The third kappa shape index (κ3) is 3.28. The van der Waals surface area contributed by atoms with Crippen LogP contribution in [0.4, 0.5) is 0 Å². The first-order valence-electron chi connectivity index (χ1n) is 6.42. The van der Waals surface area contributed by atoms with Gasteiger partial charge in [-0.25, -0.2) is 0 Å². The van der Waals surface area contributed by atoms with Crippen LogP contribution in [0.25, 0.3) is 0 Å². The van der Waals surface area contributed by atoms with Crippen molar-refractivity contribution < 1.29 is 9.47 Å². The maximum Gasteiger partial charge on any atom is 0.162 e. The van der Waals surface area contributed by atoms with Crippen LogP contribution in [0.15, 0.2) is 41.3 Å². The highest BCUT2D eigenvalue weighted by Crippen LogP contribution is 2.38. The fourth-order valence-corrected chi connectivity index (χ4v) is 3.12. The molecule has 2 aromatic rings. The van der Waals surface area contributed by atoms with Crippen molar-refractivity contribution in [1.82, 2.24) is 0 Å². The Bertz CT molecular complexity index is 634. The molecule has 0 radical (unpaired) electrons. The van der Waals surface area contributed by atoms with E-state index in [0.29, 0.717) is 16.5 Å². The molecule has 0 amide bonds. The number of rotatable bonds is 5. The van der Waals surface area contributed by atoms with Crippen molar-refractivity contribution in [3.8, 4) is 11.5 Å². The van der Waals surface area contributed by atoms with Gasteiger partial charge in [0.2, 0.25) is 0 Å². The average molecular weight is 324 g/mol. The molecule has 0 saturated carbocycles. The summed E-state index contributed by atoms with van der Waals surface area (Å²) >= 11 is 8.02. The van der Waals surface area contributed by atoms with Crippen molar-refractivity contribution >= 4 is 23.4 Å². The van der Waals surface area contributed by atoms with Crippen LogP contribution in [-0.4, -0.2) is 20.5 Å². The first-order valence-corrected chi connectivity index (χ1v) is 8.02. The van der Waals surface area contributed by atoms with Gasteiger partial charge in [0.1, 0.15) is 0 Å². The Hall–Kier alpha value is -1.36. The first-order chi connectivity index (χ1) is 10.1. The summed E-state index contributed by atoms with van der Waals surface area (Å²) < 4.78 is 10.6. The lowest BCUT2D eigenvalue weighted by Gasteiger charge is -2.19. The maximum atomic E-state index is 6.41. The zero-order chi connectivity index (χ0) is 15.4. The van der Waals surface area contributed by atoms with Gasteiger partial charge in [0, 0.05) is 16.0 Å². The van der Waals surface area contributed by atoms with Crippen molar-refractivity contribution in [3.63, 3.8) is 0 Å². The van der Waals surface area contributed by atoms with Gasteiger partial charge in [-0.15, -0.1) is 11.8 Å². The maximum absolute atomic E-state index is 6.41. The van der Waals surface area contributed by atoms with Crippen molar-refractivity contribution in [2.45, 2.75) is 10.9 Å². The Balaban J connectivity index is 2.50. The fourth-order valence-electron chi connectivity index (χ4n) is 2.20. The van der Waals surface area contributed by atoms with Crippen LogP contribution < -0.4 is 15.2 Å². The third-order valence-corrected chi connectivity index (χ3v) is 4.45. The number of nitrogens with two attached hydrogens (primary N) is 1. The molecule has 0 aliphatic heterocycles. The number of methoxy groups -OCH3 is 2. The van der Waals surface area contributed by atoms with E-state index in [1.165, 1.54) is 0 Å². The summed E-state index contributed by atoms with van der Waals surface area (Å²) in [6, 6.07) is 11.3. The first kappa shape index (κ1) is 16.0. The standard InChI is InChI=1S/C16H18ClNO2S/c1-19-13-8-11(12(17)9-14(13)20-2)16(18)10-6-4-5-7-15(10)21-3/h4-9,16H,18H2,1-3H3. The molecule has 5 heteroatoms. The SMILES string of the molecule is COc1cc(Cl)c(C(N)c2ccccc2SC)cc1OC. The molecule has 1 atom stereocenters. The molecule has 2 N–H and O–H groups in total. The molecule has 21 heavy (non-hydrogen) atoms. The number of halogens is 1. The van der Waals surface area contributed by atoms with Gasteiger partial charge in [0.25, 0.3) is 0 Å². The Kier molecular flexibility index (Phi) is 5.39. The second-order valence-corrected chi connectivity index (χ2v) is 5.70. The summed E-state index contributed by atoms with van der Waals surface area (Å²) in [6.45, 7) is 0. The molecule has 0 aromatic heterocycles.